The Morgan fingerprint density at radius 1 is 1.05 bits per heavy atom. The molecule has 0 radical (unpaired) electrons. The molecule has 0 saturated carbocycles. The summed E-state index contributed by atoms with van der Waals surface area (Å²) in [6.07, 6.45) is 9.58. The summed E-state index contributed by atoms with van der Waals surface area (Å²) in [5.41, 5.74) is 10.9. The van der Waals surface area contributed by atoms with Gasteiger partial charge in [-0.1, -0.05) is 54.6 Å². The lowest BCUT2D eigenvalue weighted by atomic mass is 9.73. The molecule has 0 saturated heterocycles. The zero-order chi connectivity index (χ0) is 15.4. The second-order valence-corrected chi connectivity index (χ2v) is 5.84. The molecule has 0 bridgehead atoms. The third-order valence-electron chi connectivity index (χ3n) is 4.33. The number of para-hydroxylation sites is 1. The summed E-state index contributed by atoms with van der Waals surface area (Å²) in [5.74, 6) is 0. The van der Waals surface area contributed by atoms with Gasteiger partial charge >= 0.3 is 0 Å². The summed E-state index contributed by atoms with van der Waals surface area (Å²) in [6, 6.07) is 16.7. The van der Waals surface area contributed by atoms with Gasteiger partial charge in [-0.3, -0.25) is 0 Å². The maximum atomic E-state index is 6.19. The molecule has 2 heteroatoms. The lowest BCUT2D eigenvalue weighted by Gasteiger charge is -2.34. The number of hydrogen-bond acceptors (Lipinski definition) is 2. The van der Waals surface area contributed by atoms with Crippen molar-refractivity contribution in [1.82, 2.24) is 0 Å². The van der Waals surface area contributed by atoms with Gasteiger partial charge in [0.05, 0.1) is 0 Å². The van der Waals surface area contributed by atoms with Gasteiger partial charge in [0.1, 0.15) is 0 Å². The van der Waals surface area contributed by atoms with Crippen molar-refractivity contribution in [3.8, 4) is 0 Å². The molecule has 2 nitrogen and oxygen atoms in total. The van der Waals surface area contributed by atoms with E-state index in [1.54, 1.807) is 0 Å². The van der Waals surface area contributed by atoms with Crippen molar-refractivity contribution < 1.29 is 0 Å². The first-order chi connectivity index (χ1) is 10.7. The zero-order valence-electron chi connectivity index (χ0n) is 12.9. The minimum absolute atomic E-state index is 0.128. The molecule has 0 spiro atoms. The van der Waals surface area contributed by atoms with Crippen LogP contribution in [0.5, 0.6) is 0 Å². The molecule has 0 heterocycles. The van der Waals surface area contributed by atoms with Gasteiger partial charge in [-0.2, -0.15) is 0 Å². The highest BCUT2D eigenvalue weighted by molar-refractivity contribution is 5.68. The molecule has 0 fully saturated rings. The topological polar surface area (TPSA) is 38.0 Å². The summed E-state index contributed by atoms with van der Waals surface area (Å²) in [7, 11) is 0. The number of aryl methyl sites for hydroxylation is 1. The summed E-state index contributed by atoms with van der Waals surface area (Å²) in [5, 5.41) is 3.56. The van der Waals surface area contributed by atoms with Crippen LogP contribution in [0, 0.1) is 6.92 Å². The highest BCUT2D eigenvalue weighted by Gasteiger charge is 2.31. The van der Waals surface area contributed by atoms with E-state index in [4.69, 9.17) is 5.73 Å². The fraction of sp³-hybridized carbons (Fsp3) is 0.200. The molecule has 3 N–H and O–H groups in total. The van der Waals surface area contributed by atoms with Gasteiger partial charge < -0.3 is 11.1 Å². The van der Waals surface area contributed by atoms with Crippen LogP contribution < -0.4 is 11.1 Å². The number of nitrogens with one attached hydrogen (secondary N) is 1. The van der Waals surface area contributed by atoms with E-state index < -0.39 is 0 Å². The van der Waals surface area contributed by atoms with Gasteiger partial charge in [-0.25, -0.2) is 0 Å². The number of hydrogen-bond donors (Lipinski definition) is 2. The molecular weight excluding hydrogens is 268 g/mol. The van der Waals surface area contributed by atoms with Gasteiger partial charge in [0.25, 0.3) is 0 Å². The first-order valence-electron chi connectivity index (χ1n) is 7.72. The van der Waals surface area contributed by atoms with Crippen molar-refractivity contribution in [2.45, 2.75) is 18.8 Å². The van der Waals surface area contributed by atoms with Gasteiger partial charge in [-0.05, 0) is 42.7 Å². The quantitative estimate of drug-likeness (QED) is 0.873. The maximum absolute atomic E-state index is 6.19. The molecule has 112 valence electrons. The Labute approximate surface area is 132 Å². The molecule has 2 aromatic rings. The Hall–Kier alpha value is -2.32. The Morgan fingerprint density at radius 3 is 2.55 bits per heavy atom. The zero-order valence-corrected chi connectivity index (χ0v) is 12.9. The van der Waals surface area contributed by atoms with E-state index >= 15 is 0 Å². The Balaban J connectivity index is 2.07. The summed E-state index contributed by atoms with van der Waals surface area (Å²) in [4.78, 5) is 0. The van der Waals surface area contributed by atoms with Crippen LogP contribution >= 0.6 is 0 Å². The Kier molecular flexibility index (Phi) is 4.12. The predicted molar refractivity (Wildman–Crippen MR) is 94.5 cm³/mol. The number of benzene rings is 2. The fourth-order valence-electron chi connectivity index (χ4n) is 3.21. The molecule has 0 aliphatic heterocycles. The summed E-state index contributed by atoms with van der Waals surface area (Å²) < 4.78 is 0. The number of rotatable bonds is 4. The number of nitrogens with two attached hydrogens (primary N) is 1. The predicted octanol–water partition coefficient (Wildman–Crippen LogP) is 4.45. The smallest absolute Gasteiger partial charge is 0.0428 e. The van der Waals surface area contributed by atoms with Crippen LogP contribution in [0.2, 0.25) is 0 Å². The lowest BCUT2D eigenvalue weighted by molar-refractivity contribution is 0.548. The van der Waals surface area contributed by atoms with E-state index in [1.807, 2.05) is 18.2 Å². The summed E-state index contributed by atoms with van der Waals surface area (Å²) >= 11 is 0. The van der Waals surface area contributed by atoms with E-state index in [9.17, 15) is 0 Å². The van der Waals surface area contributed by atoms with Gasteiger partial charge in [0, 0.05) is 23.3 Å². The van der Waals surface area contributed by atoms with E-state index in [1.165, 1.54) is 11.1 Å². The van der Waals surface area contributed by atoms with Crippen LogP contribution in [-0.2, 0) is 5.41 Å². The van der Waals surface area contributed by atoms with E-state index in [-0.39, 0.29) is 5.41 Å². The lowest BCUT2D eigenvalue weighted by Crippen LogP contribution is -2.35. The first-order valence-corrected chi connectivity index (χ1v) is 7.72. The second-order valence-electron chi connectivity index (χ2n) is 5.84. The molecule has 3 rings (SSSR count). The van der Waals surface area contributed by atoms with E-state index in [2.05, 4.69) is 66.9 Å². The SMILES string of the molecule is Cc1cccc(Nc2ccccc2)c1C1(CN)C=CC=CC1. The van der Waals surface area contributed by atoms with Crippen molar-refractivity contribution in [2.24, 2.45) is 5.73 Å². The molecule has 0 aromatic heterocycles. The Bertz CT molecular complexity index is 701. The highest BCUT2D eigenvalue weighted by atomic mass is 14.9. The molecule has 1 atom stereocenters. The number of anilines is 2. The second kappa shape index (κ2) is 6.20. The van der Waals surface area contributed by atoms with E-state index in [0.717, 1.165) is 17.8 Å². The molecule has 22 heavy (non-hydrogen) atoms. The standard InChI is InChI=1S/C20H22N2/c1-16-9-8-12-18(22-17-10-4-2-5-11-17)19(16)20(15-21)13-6-3-7-14-20/h2-13,22H,14-15,21H2,1H3. The average Bonchev–Trinajstić information content (AvgIpc) is 2.56. The van der Waals surface area contributed by atoms with Gasteiger partial charge in [0.15, 0.2) is 0 Å². The largest absolute Gasteiger partial charge is 0.355 e. The minimum atomic E-state index is -0.128. The molecule has 1 unspecified atom stereocenters. The third kappa shape index (κ3) is 2.70. The third-order valence-corrected chi connectivity index (χ3v) is 4.33. The maximum Gasteiger partial charge on any atom is 0.0428 e. The van der Waals surface area contributed by atoms with Crippen molar-refractivity contribution in [1.29, 1.82) is 0 Å². The molecule has 2 aromatic carbocycles. The van der Waals surface area contributed by atoms with Crippen molar-refractivity contribution in [3.63, 3.8) is 0 Å². The van der Waals surface area contributed by atoms with Crippen LogP contribution in [0.4, 0.5) is 11.4 Å². The van der Waals surface area contributed by atoms with Crippen LogP contribution in [-0.4, -0.2) is 6.54 Å². The average molecular weight is 290 g/mol. The van der Waals surface area contributed by atoms with Crippen LogP contribution in [0.15, 0.2) is 72.8 Å². The van der Waals surface area contributed by atoms with Crippen LogP contribution in [0.25, 0.3) is 0 Å². The fourth-order valence-corrected chi connectivity index (χ4v) is 3.21. The van der Waals surface area contributed by atoms with E-state index in [0.29, 0.717) is 6.54 Å². The molecule has 1 aliphatic rings. The monoisotopic (exact) mass is 290 g/mol. The summed E-state index contributed by atoms with van der Waals surface area (Å²) in [6.45, 7) is 2.76. The Morgan fingerprint density at radius 2 is 1.86 bits per heavy atom. The molecular formula is C20H22N2. The minimum Gasteiger partial charge on any atom is -0.355 e. The van der Waals surface area contributed by atoms with Gasteiger partial charge in [-0.15, -0.1) is 0 Å². The normalized spacial score (nSPS) is 20.1. The van der Waals surface area contributed by atoms with Gasteiger partial charge in [0.2, 0.25) is 0 Å². The van der Waals surface area contributed by atoms with Crippen molar-refractivity contribution in [3.05, 3.63) is 84.0 Å². The van der Waals surface area contributed by atoms with Crippen molar-refractivity contribution >= 4 is 11.4 Å². The van der Waals surface area contributed by atoms with Crippen LogP contribution in [0.3, 0.4) is 0 Å². The first kappa shape index (κ1) is 14.6. The number of allylic oxidation sites excluding steroid dienone is 3. The molecule has 1 aliphatic carbocycles. The molecule has 0 amide bonds. The van der Waals surface area contributed by atoms with Crippen LogP contribution in [0.1, 0.15) is 17.5 Å². The highest BCUT2D eigenvalue weighted by Crippen LogP contribution is 2.39. The van der Waals surface area contributed by atoms with Crippen molar-refractivity contribution in [2.75, 3.05) is 11.9 Å².